The molecule has 0 saturated carbocycles. The molecule has 0 aliphatic heterocycles. The first-order valence-electron chi connectivity index (χ1n) is 7.18. The lowest BCUT2D eigenvalue weighted by molar-refractivity contribution is 0.0951. The number of carbonyl (C=O) groups excluding carboxylic acids is 1. The van der Waals surface area contributed by atoms with Crippen LogP contribution in [-0.4, -0.2) is 18.0 Å². The molecule has 2 aromatic carbocycles. The fraction of sp³-hybridized carbons (Fsp3) is 0.111. The molecule has 1 aromatic heterocycles. The van der Waals surface area contributed by atoms with Crippen molar-refractivity contribution in [2.75, 3.05) is 7.11 Å². The lowest BCUT2D eigenvalue weighted by Gasteiger charge is -2.03. The van der Waals surface area contributed by atoms with Crippen molar-refractivity contribution in [3.05, 3.63) is 70.5 Å². The van der Waals surface area contributed by atoms with E-state index in [1.54, 1.807) is 19.2 Å². The smallest absolute Gasteiger partial charge is 0.251 e. The highest BCUT2D eigenvalue weighted by atomic mass is 79.9. The Kier molecular flexibility index (Phi) is 6.52. The molecule has 6 heteroatoms. The van der Waals surface area contributed by atoms with E-state index in [-0.39, 0.29) is 22.9 Å². The van der Waals surface area contributed by atoms with E-state index in [9.17, 15) is 4.79 Å². The Bertz CT molecular complexity index is 788. The average Bonchev–Trinajstić information content (AvgIpc) is 3.09. The highest BCUT2D eigenvalue weighted by Crippen LogP contribution is 2.24. The molecule has 0 saturated heterocycles. The zero-order valence-corrected chi connectivity index (χ0v) is 15.6. The Morgan fingerprint density at radius 3 is 2.50 bits per heavy atom. The Balaban J connectivity index is 0.00000208. The Morgan fingerprint density at radius 1 is 1.12 bits per heavy atom. The summed E-state index contributed by atoms with van der Waals surface area (Å²) >= 11 is 1.53. The van der Waals surface area contributed by atoms with Gasteiger partial charge in [-0.1, -0.05) is 18.2 Å². The number of thiazole rings is 1. The van der Waals surface area contributed by atoms with Crippen LogP contribution >= 0.6 is 28.3 Å². The maximum Gasteiger partial charge on any atom is 0.251 e. The third-order valence-corrected chi connectivity index (χ3v) is 4.22. The summed E-state index contributed by atoms with van der Waals surface area (Å²) in [5, 5.41) is 5.75. The number of methoxy groups -OCH3 is 1. The van der Waals surface area contributed by atoms with Gasteiger partial charge in [-0.05, 0) is 36.4 Å². The third kappa shape index (κ3) is 4.43. The van der Waals surface area contributed by atoms with E-state index < -0.39 is 0 Å². The maximum absolute atomic E-state index is 12.0. The van der Waals surface area contributed by atoms with Crippen LogP contribution in [-0.2, 0) is 6.54 Å². The molecule has 0 radical (unpaired) electrons. The Morgan fingerprint density at radius 2 is 1.83 bits per heavy atom. The predicted octanol–water partition coefficient (Wildman–Crippen LogP) is 4.33. The van der Waals surface area contributed by atoms with Gasteiger partial charge >= 0.3 is 0 Å². The fourth-order valence-corrected chi connectivity index (χ4v) is 2.88. The molecule has 0 spiro atoms. The molecule has 124 valence electrons. The van der Waals surface area contributed by atoms with Gasteiger partial charge in [-0.25, -0.2) is 4.98 Å². The van der Waals surface area contributed by atoms with Gasteiger partial charge in [0.15, 0.2) is 0 Å². The normalized spacial score (nSPS) is 9.88. The summed E-state index contributed by atoms with van der Waals surface area (Å²) in [5.41, 5.74) is 2.59. The minimum absolute atomic E-state index is 0. The first-order valence-corrected chi connectivity index (χ1v) is 8.06. The molecule has 24 heavy (non-hydrogen) atoms. The average molecular weight is 405 g/mol. The van der Waals surface area contributed by atoms with Gasteiger partial charge < -0.3 is 10.1 Å². The molecular formula is C18H17BrN2O2S. The first kappa shape index (κ1) is 18.2. The summed E-state index contributed by atoms with van der Waals surface area (Å²) in [5.74, 6) is 0.728. The number of benzene rings is 2. The van der Waals surface area contributed by atoms with Crippen LogP contribution in [0.4, 0.5) is 0 Å². The van der Waals surface area contributed by atoms with Gasteiger partial charge in [-0.2, -0.15) is 0 Å². The van der Waals surface area contributed by atoms with Crippen molar-refractivity contribution < 1.29 is 9.53 Å². The number of hydrogen-bond acceptors (Lipinski definition) is 4. The van der Waals surface area contributed by atoms with Crippen molar-refractivity contribution in [3.63, 3.8) is 0 Å². The number of carbonyl (C=O) groups is 1. The van der Waals surface area contributed by atoms with Crippen molar-refractivity contribution in [1.29, 1.82) is 0 Å². The van der Waals surface area contributed by atoms with Crippen LogP contribution in [0.3, 0.4) is 0 Å². The number of aromatic nitrogens is 1. The highest BCUT2D eigenvalue weighted by molar-refractivity contribution is 8.93. The quantitative estimate of drug-likeness (QED) is 0.688. The van der Waals surface area contributed by atoms with E-state index in [0.717, 1.165) is 22.0 Å². The van der Waals surface area contributed by atoms with Gasteiger partial charge in [0, 0.05) is 16.5 Å². The van der Waals surface area contributed by atoms with Gasteiger partial charge in [-0.3, -0.25) is 4.79 Å². The second-order valence-electron chi connectivity index (χ2n) is 4.90. The fourth-order valence-electron chi connectivity index (χ4n) is 2.13. The lowest BCUT2D eigenvalue weighted by Crippen LogP contribution is -2.22. The van der Waals surface area contributed by atoms with Crippen LogP contribution in [0.25, 0.3) is 11.3 Å². The molecule has 1 heterocycles. The maximum atomic E-state index is 12.0. The summed E-state index contributed by atoms with van der Waals surface area (Å²) in [6.07, 6.45) is 0. The van der Waals surface area contributed by atoms with Crippen LogP contribution < -0.4 is 10.1 Å². The molecule has 1 amide bonds. The minimum Gasteiger partial charge on any atom is -0.497 e. The summed E-state index contributed by atoms with van der Waals surface area (Å²) < 4.78 is 5.15. The van der Waals surface area contributed by atoms with E-state index in [4.69, 9.17) is 4.74 Å². The summed E-state index contributed by atoms with van der Waals surface area (Å²) in [7, 11) is 1.64. The van der Waals surface area contributed by atoms with E-state index in [0.29, 0.717) is 12.1 Å². The topological polar surface area (TPSA) is 51.2 Å². The first-order chi connectivity index (χ1) is 11.3. The second kappa shape index (κ2) is 8.61. The molecule has 3 rings (SSSR count). The minimum atomic E-state index is -0.0909. The number of nitrogens with zero attached hydrogens (tertiary/aromatic N) is 1. The number of halogens is 1. The van der Waals surface area contributed by atoms with Crippen LogP contribution in [0, 0.1) is 0 Å². The summed E-state index contributed by atoms with van der Waals surface area (Å²) in [4.78, 5) is 16.6. The van der Waals surface area contributed by atoms with Gasteiger partial charge in [-0.15, -0.1) is 28.3 Å². The van der Waals surface area contributed by atoms with Gasteiger partial charge in [0.1, 0.15) is 10.8 Å². The Hall–Kier alpha value is -2.18. The van der Waals surface area contributed by atoms with Crippen LogP contribution in [0.1, 0.15) is 15.4 Å². The molecule has 0 bridgehead atoms. The number of hydrogen-bond donors (Lipinski definition) is 1. The van der Waals surface area contributed by atoms with Crippen molar-refractivity contribution in [2.45, 2.75) is 6.54 Å². The largest absolute Gasteiger partial charge is 0.497 e. The summed E-state index contributed by atoms with van der Waals surface area (Å²) in [6.45, 7) is 0.425. The molecule has 0 atom stereocenters. The van der Waals surface area contributed by atoms with Crippen LogP contribution in [0.15, 0.2) is 60.0 Å². The zero-order chi connectivity index (χ0) is 16.1. The molecule has 4 nitrogen and oxygen atoms in total. The van der Waals surface area contributed by atoms with E-state index in [1.165, 1.54) is 11.3 Å². The SMILES string of the molecule is Br.COc1ccc(-c2csc(CNC(=O)c3ccccc3)n2)cc1. The number of rotatable bonds is 5. The van der Waals surface area contributed by atoms with Crippen LogP contribution in [0.5, 0.6) is 5.75 Å². The van der Waals surface area contributed by atoms with Crippen molar-refractivity contribution in [1.82, 2.24) is 10.3 Å². The van der Waals surface area contributed by atoms with Gasteiger partial charge in [0.2, 0.25) is 0 Å². The summed E-state index contributed by atoms with van der Waals surface area (Å²) in [6, 6.07) is 16.9. The Labute approximate surface area is 155 Å². The molecule has 3 aromatic rings. The number of nitrogens with one attached hydrogen (secondary N) is 1. The molecule has 1 N–H and O–H groups in total. The van der Waals surface area contributed by atoms with Gasteiger partial charge in [0.05, 0.1) is 19.3 Å². The van der Waals surface area contributed by atoms with Crippen molar-refractivity contribution >= 4 is 34.2 Å². The molecule has 0 fully saturated rings. The zero-order valence-electron chi connectivity index (χ0n) is 13.1. The molecule has 0 aliphatic carbocycles. The molecule has 0 aliphatic rings. The number of ether oxygens (including phenoxy) is 1. The number of amides is 1. The standard InChI is InChI=1S/C18H16N2O2S.BrH/c1-22-15-9-7-13(8-10-15)16-12-23-17(20-16)11-19-18(21)14-5-3-2-4-6-14;/h2-10,12H,11H2,1H3,(H,19,21);1H. The van der Waals surface area contributed by atoms with E-state index >= 15 is 0 Å². The van der Waals surface area contributed by atoms with E-state index in [2.05, 4.69) is 10.3 Å². The molecular weight excluding hydrogens is 388 g/mol. The highest BCUT2D eigenvalue weighted by Gasteiger charge is 2.08. The molecule has 0 unspecified atom stereocenters. The second-order valence-corrected chi connectivity index (χ2v) is 5.85. The van der Waals surface area contributed by atoms with Gasteiger partial charge in [0.25, 0.3) is 5.91 Å². The van der Waals surface area contributed by atoms with E-state index in [1.807, 2.05) is 47.8 Å². The van der Waals surface area contributed by atoms with Crippen LogP contribution in [0.2, 0.25) is 0 Å². The van der Waals surface area contributed by atoms with Crippen molar-refractivity contribution in [2.24, 2.45) is 0 Å². The monoisotopic (exact) mass is 404 g/mol. The van der Waals surface area contributed by atoms with Crippen molar-refractivity contribution in [3.8, 4) is 17.0 Å². The lowest BCUT2D eigenvalue weighted by atomic mass is 10.2. The predicted molar refractivity (Wildman–Crippen MR) is 102 cm³/mol. The third-order valence-electron chi connectivity index (χ3n) is 3.37.